The molecule has 1 rings (SSSR count). The number of primary amides is 1. The summed E-state index contributed by atoms with van der Waals surface area (Å²) in [4.78, 5) is 35.1. The molecule has 3 amide bonds. The summed E-state index contributed by atoms with van der Waals surface area (Å²) < 4.78 is 0. The zero-order valence-corrected chi connectivity index (χ0v) is 12.3. The van der Waals surface area contributed by atoms with Crippen molar-refractivity contribution in [3.05, 3.63) is 0 Å². The first-order valence-electron chi connectivity index (χ1n) is 7.55. The fraction of sp³-hybridized carbons (Fsp3) is 0.786. The predicted octanol–water partition coefficient (Wildman–Crippen LogP) is 1.07. The summed E-state index contributed by atoms with van der Waals surface area (Å²) in [7, 11) is 0. The number of rotatable bonds is 9. The van der Waals surface area contributed by atoms with Crippen LogP contribution >= 0.6 is 0 Å². The monoisotopic (exact) mass is 299 g/mol. The minimum absolute atomic E-state index is 0.0461. The van der Waals surface area contributed by atoms with Gasteiger partial charge in [0.2, 0.25) is 5.91 Å². The van der Waals surface area contributed by atoms with Gasteiger partial charge in [-0.05, 0) is 25.7 Å². The SMILES string of the molecule is NC(=O)CN(C(=O)NCCCCCC(=O)O)C1CCCC1. The van der Waals surface area contributed by atoms with Gasteiger partial charge in [-0.25, -0.2) is 4.79 Å². The Balaban J connectivity index is 2.28. The summed E-state index contributed by atoms with van der Waals surface area (Å²) in [5.74, 6) is -1.30. The van der Waals surface area contributed by atoms with Crippen LogP contribution in [-0.2, 0) is 9.59 Å². The number of hydrogen-bond donors (Lipinski definition) is 3. The molecule has 0 unspecified atom stereocenters. The Morgan fingerprint density at radius 2 is 1.81 bits per heavy atom. The van der Waals surface area contributed by atoms with Crippen LogP contribution in [-0.4, -0.2) is 47.0 Å². The summed E-state index contributed by atoms with van der Waals surface area (Å²) in [6, 6.07) is -0.150. The number of unbranched alkanes of at least 4 members (excludes halogenated alkanes) is 2. The lowest BCUT2D eigenvalue weighted by Crippen LogP contribution is -2.49. The molecule has 0 radical (unpaired) electrons. The van der Waals surface area contributed by atoms with Crippen molar-refractivity contribution in [3.63, 3.8) is 0 Å². The standard InChI is InChI=1S/C14H25N3O4/c15-12(18)10-17(11-6-3-4-7-11)14(21)16-9-5-1-2-8-13(19)20/h11H,1-10H2,(H2,15,18)(H,16,21)(H,19,20). The lowest BCUT2D eigenvalue weighted by Gasteiger charge is -2.27. The molecule has 1 fully saturated rings. The molecule has 120 valence electrons. The van der Waals surface area contributed by atoms with Crippen molar-refractivity contribution in [2.75, 3.05) is 13.1 Å². The first-order chi connectivity index (χ1) is 10.0. The molecule has 0 bridgehead atoms. The fourth-order valence-corrected chi connectivity index (χ4v) is 2.63. The van der Waals surface area contributed by atoms with Crippen LogP contribution in [0.15, 0.2) is 0 Å². The Kier molecular flexibility index (Phi) is 7.56. The molecule has 0 aliphatic heterocycles. The second-order valence-electron chi connectivity index (χ2n) is 5.47. The molecular formula is C14H25N3O4. The summed E-state index contributed by atoms with van der Waals surface area (Å²) >= 11 is 0. The topological polar surface area (TPSA) is 113 Å². The number of carbonyl (C=O) groups excluding carboxylic acids is 2. The van der Waals surface area contributed by atoms with Gasteiger partial charge < -0.3 is 21.1 Å². The molecule has 7 nitrogen and oxygen atoms in total. The molecule has 0 atom stereocenters. The van der Waals surface area contributed by atoms with Crippen LogP contribution in [0, 0.1) is 0 Å². The zero-order chi connectivity index (χ0) is 15.7. The van der Waals surface area contributed by atoms with Crippen LogP contribution < -0.4 is 11.1 Å². The zero-order valence-electron chi connectivity index (χ0n) is 12.3. The average Bonchev–Trinajstić information content (AvgIpc) is 2.93. The van der Waals surface area contributed by atoms with E-state index in [1.54, 1.807) is 0 Å². The number of urea groups is 1. The Morgan fingerprint density at radius 3 is 2.38 bits per heavy atom. The second kappa shape index (κ2) is 9.20. The van der Waals surface area contributed by atoms with Crippen molar-refractivity contribution in [2.45, 2.75) is 57.4 Å². The largest absolute Gasteiger partial charge is 0.481 e. The van der Waals surface area contributed by atoms with Crippen LogP contribution in [0.3, 0.4) is 0 Å². The van der Waals surface area contributed by atoms with Crippen molar-refractivity contribution in [3.8, 4) is 0 Å². The highest BCUT2D eigenvalue weighted by molar-refractivity contribution is 5.83. The third-order valence-electron chi connectivity index (χ3n) is 3.70. The van der Waals surface area contributed by atoms with E-state index in [0.29, 0.717) is 13.0 Å². The predicted molar refractivity (Wildman–Crippen MR) is 77.7 cm³/mol. The number of aliphatic carboxylic acids is 1. The number of carboxylic acid groups (broad SMARTS) is 1. The van der Waals surface area contributed by atoms with Crippen LogP contribution in [0.5, 0.6) is 0 Å². The van der Waals surface area contributed by atoms with Gasteiger partial charge in [-0.15, -0.1) is 0 Å². The minimum Gasteiger partial charge on any atom is -0.481 e. The number of amides is 3. The number of carbonyl (C=O) groups is 3. The van der Waals surface area contributed by atoms with Gasteiger partial charge in [-0.3, -0.25) is 9.59 Å². The van der Waals surface area contributed by atoms with Crippen LogP contribution in [0.25, 0.3) is 0 Å². The van der Waals surface area contributed by atoms with Crippen molar-refractivity contribution in [1.29, 1.82) is 0 Å². The van der Waals surface area contributed by atoms with Gasteiger partial charge in [0.05, 0.1) is 0 Å². The van der Waals surface area contributed by atoms with Crippen LogP contribution in [0.1, 0.15) is 51.4 Å². The number of hydrogen-bond acceptors (Lipinski definition) is 3. The molecular weight excluding hydrogens is 274 g/mol. The fourth-order valence-electron chi connectivity index (χ4n) is 2.63. The molecule has 0 saturated heterocycles. The molecule has 7 heteroatoms. The van der Waals surface area contributed by atoms with Crippen molar-refractivity contribution >= 4 is 17.9 Å². The number of nitrogens with zero attached hydrogens (tertiary/aromatic N) is 1. The molecule has 0 heterocycles. The van der Waals surface area contributed by atoms with E-state index in [-0.39, 0.29) is 25.0 Å². The Labute approximate surface area is 124 Å². The number of carboxylic acids is 1. The first-order valence-corrected chi connectivity index (χ1v) is 7.55. The van der Waals surface area contributed by atoms with Gasteiger partial charge in [0.15, 0.2) is 0 Å². The van der Waals surface area contributed by atoms with Gasteiger partial charge in [0.1, 0.15) is 6.54 Å². The van der Waals surface area contributed by atoms with Gasteiger partial charge in [-0.1, -0.05) is 19.3 Å². The second-order valence-corrected chi connectivity index (χ2v) is 5.47. The molecule has 1 aliphatic carbocycles. The molecule has 1 saturated carbocycles. The summed E-state index contributed by atoms with van der Waals surface area (Å²) in [6.07, 6.45) is 6.23. The smallest absolute Gasteiger partial charge is 0.318 e. The van der Waals surface area contributed by atoms with E-state index >= 15 is 0 Å². The van der Waals surface area contributed by atoms with E-state index in [1.807, 2.05) is 0 Å². The minimum atomic E-state index is -0.798. The number of nitrogens with one attached hydrogen (secondary N) is 1. The van der Waals surface area contributed by atoms with Gasteiger partial charge >= 0.3 is 12.0 Å². The highest BCUT2D eigenvalue weighted by Crippen LogP contribution is 2.23. The summed E-state index contributed by atoms with van der Waals surface area (Å²) in [5, 5.41) is 11.3. The summed E-state index contributed by atoms with van der Waals surface area (Å²) in [5.41, 5.74) is 5.21. The maximum atomic E-state index is 12.1. The molecule has 4 N–H and O–H groups in total. The highest BCUT2D eigenvalue weighted by Gasteiger charge is 2.27. The highest BCUT2D eigenvalue weighted by atomic mass is 16.4. The van der Waals surface area contributed by atoms with E-state index in [2.05, 4.69) is 5.32 Å². The van der Waals surface area contributed by atoms with Gasteiger partial charge in [0, 0.05) is 19.0 Å². The lowest BCUT2D eigenvalue weighted by atomic mass is 10.2. The molecule has 0 aromatic carbocycles. The van der Waals surface area contributed by atoms with Gasteiger partial charge in [-0.2, -0.15) is 0 Å². The van der Waals surface area contributed by atoms with E-state index in [0.717, 1.165) is 38.5 Å². The molecule has 21 heavy (non-hydrogen) atoms. The van der Waals surface area contributed by atoms with Crippen molar-refractivity contribution in [1.82, 2.24) is 10.2 Å². The average molecular weight is 299 g/mol. The van der Waals surface area contributed by atoms with E-state index < -0.39 is 11.9 Å². The number of nitrogens with two attached hydrogens (primary N) is 1. The van der Waals surface area contributed by atoms with E-state index in [1.165, 1.54) is 4.90 Å². The third kappa shape index (κ3) is 6.97. The quantitative estimate of drug-likeness (QED) is 0.553. The van der Waals surface area contributed by atoms with Crippen molar-refractivity contribution < 1.29 is 19.5 Å². The molecule has 0 aromatic rings. The van der Waals surface area contributed by atoms with Crippen LogP contribution in [0.2, 0.25) is 0 Å². The normalized spacial score (nSPS) is 14.9. The first kappa shape index (κ1) is 17.3. The Bertz CT molecular complexity index is 367. The molecule has 1 aliphatic rings. The van der Waals surface area contributed by atoms with Gasteiger partial charge in [0.25, 0.3) is 0 Å². The van der Waals surface area contributed by atoms with E-state index in [4.69, 9.17) is 10.8 Å². The lowest BCUT2D eigenvalue weighted by molar-refractivity contribution is -0.137. The third-order valence-corrected chi connectivity index (χ3v) is 3.70. The maximum Gasteiger partial charge on any atom is 0.318 e. The molecule has 0 aromatic heterocycles. The Morgan fingerprint density at radius 1 is 1.14 bits per heavy atom. The Hall–Kier alpha value is -1.79. The maximum absolute atomic E-state index is 12.1. The van der Waals surface area contributed by atoms with Crippen LogP contribution in [0.4, 0.5) is 4.79 Å². The van der Waals surface area contributed by atoms with Crippen molar-refractivity contribution in [2.24, 2.45) is 5.73 Å². The summed E-state index contributed by atoms with van der Waals surface area (Å²) in [6.45, 7) is 0.440. The van der Waals surface area contributed by atoms with E-state index in [9.17, 15) is 14.4 Å². The molecule has 0 spiro atoms.